The molecule has 5 aromatic rings. The van der Waals surface area contributed by atoms with Gasteiger partial charge in [-0.25, -0.2) is 4.79 Å². The first-order chi connectivity index (χ1) is 19.1. The van der Waals surface area contributed by atoms with E-state index in [9.17, 15) is 9.90 Å². The van der Waals surface area contributed by atoms with Gasteiger partial charge in [-0.15, -0.1) is 0 Å². The number of fused-ring (bicyclic) bond motifs is 2. The number of aromatic amines is 1. The molecular weight excluding hydrogens is 494 g/mol. The Balaban J connectivity index is 1.49. The number of hydrogen-bond acceptors (Lipinski definition) is 6. The highest BCUT2D eigenvalue weighted by Gasteiger charge is 2.24. The van der Waals surface area contributed by atoms with Crippen LogP contribution < -0.4 is 4.74 Å². The molecule has 0 unspecified atom stereocenters. The fraction of sp³-hybridized carbons (Fsp3) is 0.290. The average Bonchev–Trinajstić information content (AvgIpc) is 3.48. The molecule has 0 atom stereocenters. The fourth-order valence-corrected chi connectivity index (χ4v) is 5.22. The number of carbonyl (C=O) groups is 1. The third-order valence-corrected chi connectivity index (χ3v) is 6.94. The zero-order chi connectivity index (χ0) is 27.4. The monoisotopic (exact) mass is 527 g/mol. The molecular formula is C31H33N3O5. The summed E-state index contributed by atoms with van der Waals surface area (Å²) >= 11 is 0. The molecule has 2 N–H and O–H groups in total. The van der Waals surface area contributed by atoms with Crippen LogP contribution in [0.2, 0.25) is 0 Å². The highest BCUT2D eigenvalue weighted by molar-refractivity contribution is 6.04. The lowest BCUT2D eigenvalue weighted by atomic mass is 9.98. The van der Waals surface area contributed by atoms with Gasteiger partial charge in [0.2, 0.25) is 0 Å². The molecule has 0 bridgehead atoms. The van der Waals surface area contributed by atoms with E-state index in [2.05, 4.69) is 28.3 Å². The lowest BCUT2D eigenvalue weighted by Crippen LogP contribution is -2.09. The highest BCUT2D eigenvalue weighted by Crippen LogP contribution is 2.36. The number of aliphatic hydroxyl groups is 1. The summed E-state index contributed by atoms with van der Waals surface area (Å²) in [5.74, 6) is 0.453. The Kier molecular flexibility index (Phi) is 7.95. The van der Waals surface area contributed by atoms with Crippen molar-refractivity contribution >= 4 is 27.6 Å². The van der Waals surface area contributed by atoms with E-state index in [1.165, 1.54) is 0 Å². The van der Waals surface area contributed by atoms with Crippen molar-refractivity contribution in [3.63, 3.8) is 0 Å². The summed E-state index contributed by atoms with van der Waals surface area (Å²) in [6, 6.07) is 20.1. The minimum Gasteiger partial charge on any atom is -0.493 e. The van der Waals surface area contributed by atoms with Crippen LogP contribution in [0.25, 0.3) is 32.8 Å². The Morgan fingerprint density at radius 1 is 1.05 bits per heavy atom. The summed E-state index contributed by atoms with van der Waals surface area (Å²) < 4.78 is 18.7. The number of aromatic nitrogens is 3. The van der Waals surface area contributed by atoms with Gasteiger partial charge >= 0.3 is 5.97 Å². The number of rotatable bonds is 11. The normalized spacial score (nSPS) is 11.4. The van der Waals surface area contributed by atoms with Crippen molar-refractivity contribution in [1.29, 1.82) is 0 Å². The van der Waals surface area contributed by atoms with Crippen LogP contribution in [0.3, 0.4) is 0 Å². The van der Waals surface area contributed by atoms with Gasteiger partial charge in [-0.1, -0.05) is 54.6 Å². The van der Waals surface area contributed by atoms with Crippen LogP contribution in [0.1, 0.15) is 40.8 Å². The maximum Gasteiger partial charge on any atom is 0.355 e. The number of ether oxygens (including phenoxy) is 3. The summed E-state index contributed by atoms with van der Waals surface area (Å²) in [6.45, 7) is 2.69. The molecule has 202 valence electrons. The second-order valence-electron chi connectivity index (χ2n) is 9.34. The van der Waals surface area contributed by atoms with E-state index in [4.69, 9.17) is 14.2 Å². The Morgan fingerprint density at radius 2 is 1.82 bits per heavy atom. The summed E-state index contributed by atoms with van der Waals surface area (Å²) in [5.41, 5.74) is 5.16. The van der Waals surface area contributed by atoms with Crippen molar-refractivity contribution < 1.29 is 24.1 Å². The van der Waals surface area contributed by atoms with Crippen LogP contribution in [-0.4, -0.2) is 46.2 Å². The van der Waals surface area contributed by atoms with E-state index in [0.29, 0.717) is 37.4 Å². The Bertz CT molecular complexity index is 1610. The quantitative estimate of drug-likeness (QED) is 0.173. The molecule has 0 aliphatic carbocycles. The molecule has 2 aromatic heterocycles. The molecule has 5 rings (SSSR count). The summed E-state index contributed by atoms with van der Waals surface area (Å²) in [7, 11) is 3.46. The molecule has 0 aliphatic heterocycles. The van der Waals surface area contributed by atoms with Crippen molar-refractivity contribution in [2.24, 2.45) is 7.05 Å². The van der Waals surface area contributed by atoms with Gasteiger partial charge in [0.15, 0.2) is 0 Å². The summed E-state index contributed by atoms with van der Waals surface area (Å²) in [4.78, 5) is 16.4. The first-order valence-electron chi connectivity index (χ1n) is 13.1. The molecule has 0 spiro atoms. The number of benzene rings is 3. The van der Waals surface area contributed by atoms with Crippen LogP contribution in [0.4, 0.5) is 0 Å². The maximum atomic E-state index is 13.0. The van der Waals surface area contributed by atoms with E-state index < -0.39 is 5.97 Å². The number of esters is 1. The number of H-pyrrole nitrogens is 1. The third-order valence-electron chi connectivity index (χ3n) is 6.94. The van der Waals surface area contributed by atoms with Gasteiger partial charge < -0.3 is 24.3 Å². The van der Waals surface area contributed by atoms with Crippen LogP contribution in [-0.2, 0) is 36.2 Å². The van der Waals surface area contributed by atoms with E-state index in [-0.39, 0.29) is 13.2 Å². The molecule has 8 nitrogen and oxygen atoms in total. The fourth-order valence-electron chi connectivity index (χ4n) is 5.22. The van der Waals surface area contributed by atoms with Crippen molar-refractivity contribution in [2.45, 2.75) is 33.0 Å². The third kappa shape index (κ3) is 5.13. The smallest absolute Gasteiger partial charge is 0.355 e. The average molecular weight is 528 g/mol. The molecule has 39 heavy (non-hydrogen) atoms. The van der Waals surface area contributed by atoms with Gasteiger partial charge in [-0.05, 0) is 36.8 Å². The molecule has 2 heterocycles. The maximum absolute atomic E-state index is 13.0. The summed E-state index contributed by atoms with van der Waals surface area (Å²) in [5, 5.41) is 17.7. The van der Waals surface area contributed by atoms with E-state index in [0.717, 1.165) is 49.8 Å². The van der Waals surface area contributed by atoms with Crippen LogP contribution in [0.15, 0.2) is 60.7 Å². The lowest BCUT2D eigenvalue weighted by molar-refractivity contribution is 0.0519. The van der Waals surface area contributed by atoms with Crippen LogP contribution in [0, 0.1) is 0 Å². The Hall–Kier alpha value is -4.14. The van der Waals surface area contributed by atoms with Gasteiger partial charge in [-0.2, -0.15) is 5.10 Å². The van der Waals surface area contributed by atoms with Gasteiger partial charge in [0.05, 0.1) is 43.3 Å². The van der Waals surface area contributed by atoms with Crippen molar-refractivity contribution in [1.82, 2.24) is 14.8 Å². The zero-order valence-corrected chi connectivity index (χ0v) is 22.5. The molecule has 0 saturated heterocycles. The zero-order valence-electron chi connectivity index (χ0n) is 22.5. The molecule has 0 saturated carbocycles. The van der Waals surface area contributed by atoms with E-state index in [1.807, 2.05) is 49.5 Å². The first kappa shape index (κ1) is 26.5. The van der Waals surface area contributed by atoms with Gasteiger partial charge in [-0.3, -0.25) is 4.68 Å². The highest BCUT2D eigenvalue weighted by atomic mass is 16.5. The Labute approximate surface area is 227 Å². The van der Waals surface area contributed by atoms with Crippen molar-refractivity contribution in [3.05, 3.63) is 83.3 Å². The molecule has 0 fully saturated rings. The second-order valence-corrected chi connectivity index (χ2v) is 9.34. The van der Waals surface area contributed by atoms with Crippen LogP contribution in [0.5, 0.6) is 5.75 Å². The number of aliphatic hydroxyl groups excluding tert-OH is 1. The standard InChI is InChI=1S/C31H33N3O5/c1-4-38-31(36)30-23(15-9-17-39-27-16-7-11-20-10-5-6-12-21(20)27)22-13-8-14-24(29(22)32-30)28-25(18-35)33-34(2)26(28)19-37-3/h5-8,10-14,16,32,35H,4,9,15,17-19H2,1-3H3. The topological polar surface area (TPSA) is 98.6 Å². The number of para-hydroxylation sites is 1. The van der Waals surface area contributed by atoms with Gasteiger partial charge in [0.1, 0.15) is 11.4 Å². The molecule has 0 amide bonds. The first-order valence-corrected chi connectivity index (χ1v) is 13.1. The minimum atomic E-state index is -0.393. The molecule has 3 aromatic carbocycles. The summed E-state index contributed by atoms with van der Waals surface area (Å²) in [6.07, 6.45) is 1.32. The van der Waals surface area contributed by atoms with Crippen molar-refractivity contribution in [3.8, 4) is 16.9 Å². The number of nitrogens with zero attached hydrogens (tertiary/aromatic N) is 2. The van der Waals surface area contributed by atoms with E-state index >= 15 is 0 Å². The predicted molar refractivity (Wildman–Crippen MR) is 151 cm³/mol. The number of aryl methyl sites for hydroxylation is 2. The largest absolute Gasteiger partial charge is 0.493 e. The number of hydrogen-bond donors (Lipinski definition) is 2. The van der Waals surface area contributed by atoms with Gasteiger partial charge in [0.25, 0.3) is 0 Å². The van der Waals surface area contributed by atoms with Gasteiger partial charge in [0, 0.05) is 36.1 Å². The number of methoxy groups -OCH3 is 1. The lowest BCUT2D eigenvalue weighted by Gasteiger charge is -2.10. The van der Waals surface area contributed by atoms with Crippen molar-refractivity contribution in [2.75, 3.05) is 20.3 Å². The minimum absolute atomic E-state index is 0.215. The predicted octanol–water partition coefficient (Wildman–Crippen LogP) is 5.55. The molecule has 0 aliphatic rings. The number of nitrogens with one attached hydrogen (secondary N) is 1. The molecule has 0 radical (unpaired) electrons. The number of carbonyl (C=O) groups excluding carboxylic acids is 1. The SMILES string of the molecule is CCOC(=O)c1[nH]c2c(-c3c(CO)nn(C)c3COC)cccc2c1CCCOc1cccc2ccccc12. The second kappa shape index (κ2) is 11.7. The van der Waals surface area contributed by atoms with E-state index in [1.54, 1.807) is 18.7 Å². The van der Waals surface area contributed by atoms with Crippen LogP contribution >= 0.6 is 0 Å². The Morgan fingerprint density at radius 3 is 2.62 bits per heavy atom. The molecule has 8 heteroatoms.